The summed E-state index contributed by atoms with van der Waals surface area (Å²) in [5, 5.41) is 4.61. The number of hydrogen-bond acceptors (Lipinski definition) is 4. The zero-order valence-electron chi connectivity index (χ0n) is 11.2. The number of aryl methyl sites for hydroxylation is 1. The van der Waals surface area contributed by atoms with E-state index in [1.54, 1.807) is 0 Å². The van der Waals surface area contributed by atoms with Crippen LogP contribution in [0.5, 0.6) is 0 Å². The van der Waals surface area contributed by atoms with Crippen LogP contribution in [0.1, 0.15) is 49.9 Å². The number of hydrogen-bond donors (Lipinski definition) is 1. The zero-order chi connectivity index (χ0) is 12.5. The Hall–Kier alpha value is -0.940. The minimum atomic E-state index is 0.0408. The summed E-state index contributed by atoms with van der Waals surface area (Å²) in [5.41, 5.74) is 6.07. The van der Waals surface area contributed by atoms with E-state index < -0.39 is 0 Å². The SMILES string of the molecule is CN1CCCCC1Cc1nc2n(n1)C(N)CCC2. The van der Waals surface area contributed by atoms with Crippen molar-refractivity contribution in [3.8, 4) is 0 Å². The van der Waals surface area contributed by atoms with Gasteiger partial charge in [0.1, 0.15) is 12.0 Å². The van der Waals surface area contributed by atoms with Gasteiger partial charge in [-0.25, -0.2) is 9.67 Å². The number of likely N-dealkylation sites (tertiary alicyclic amines) is 1. The molecule has 2 atom stereocenters. The van der Waals surface area contributed by atoms with Crippen molar-refractivity contribution < 1.29 is 0 Å². The quantitative estimate of drug-likeness (QED) is 0.852. The number of aromatic nitrogens is 3. The molecular formula is C13H23N5. The lowest BCUT2D eigenvalue weighted by molar-refractivity contribution is 0.182. The molecule has 5 heteroatoms. The van der Waals surface area contributed by atoms with Gasteiger partial charge in [-0.3, -0.25) is 0 Å². The Morgan fingerprint density at radius 3 is 2.94 bits per heavy atom. The van der Waals surface area contributed by atoms with E-state index in [9.17, 15) is 0 Å². The molecule has 100 valence electrons. The van der Waals surface area contributed by atoms with E-state index in [0.717, 1.165) is 37.3 Å². The average molecular weight is 249 g/mol. The van der Waals surface area contributed by atoms with E-state index in [1.807, 2.05) is 4.68 Å². The van der Waals surface area contributed by atoms with Crippen molar-refractivity contribution in [1.29, 1.82) is 0 Å². The molecule has 1 fully saturated rings. The Morgan fingerprint density at radius 1 is 1.28 bits per heavy atom. The molecule has 1 saturated heterocycles. The van der Waals surface area contributed by atoms with Crippen LogP contribution in [0.15, 0.2) is 0 Å². The molecule has 0 radical (unpaired) electrons. The van der Waals surface area contributed by atoms with Crippen LogP contribution >= 0.6 is 0 Å². The Kier molecular flexibility index (Phi) is 3.35. The number of fused-ring (bicyclic) bond motifs is 1. The summed E-state index contributed by atoms with van der Waals surface area (Å²) in [4.78, 5) is 7.12. The highest BCUT2D eigenvalue weighted by molar-refractivity contribution is 5.00. The summed E-state index contributed by atoms with van der Waals surface area (Å²) in [6.45, 7) is 1.21. The summed E-state index contributed by atoms with van der Waals surface area (Å²) in [7, 11) is 2.21. The molecule has 2 aliphatic heterocycles. The van der Waals surface area contributed by atoms with Crippen LogP contribution in [0, 0.1) is 0 Å². The molecule has 0 spiro atoms. The largest absolute Gasteiger partial charge is 0.310 e. The molecule has 2 N–H and O–H groups in total. The van der Waals surface area contributed by atoms with E-state index in [0.29, 0.717) is 6.04 Å². The van der Waals surface area contributed by atoms with E-state index in [-0.39, 0.29) is 6.17 Å². The second kappa shape index (κ2) is 4.97. The Morgan fingerprint density at radius 2 is 2.17 bits per heavy atom. The zero-order valence-corrected chi connectivity index (χ0v) is 11.2. The molecule has 1 aromatic rings. The molecular weight excluding hydrogens is 226 g/mol. The first-order chi connectivity index (χ1) is 8.74. The van der Waals surface area contributed by atoms with Crippen LogP contribution in [-0.4, -0.2) is 39.3 Å². The van der Waals surface area contributed by atoms with Crippen LogP contribution in [-0.2, 0) is 12.8 Å². The van der Waals surface area contributed by atoms with Crippen LogP contribution < -0.4 is 5.73 Å². The third kappa shape index (κ3) is 2.29. The topological polar surface area (TPSA) is 60.0 Å². The second-order valence-electron chi connectivity index (χ2n) is 5.68. The maximum atomic E-state index is 6.07. The number of likely N-dealkylation sites (N-methyl/N-ethyl adjacent to an activating group) is 1. The maximum absolute atomic E-state index is 6.07. The molecule has 0 aliphatic carbocycles. The molecule has 3 rings (SSSR count). The Labute approximate surface area is 108 Å². The number of piperidine rings is 1. The maximum Gasteiger partial charge on any atom is 0.152 e. The fraction of sp³-hybridized carbons (Fsp3) is 0.846. The van der Waals surface area contributed by atoms with E-state index >= 15 is 0 Å². The molecule has 0 amide bonds. The van der Waals surface area contributed by atoms with Gasteiger partial charge in [0.05, 0.1) is 0 Å². The summed E-state index contributed by atoms with van der Waals surface area (Å²) in [6, 6.07) is 0.611. The van der Waals surface area contributed by atoms with E-state index in [1.165, 1.54) is 25.8 Å². The molecule has 0 bridgehead atoms. The number of nitrogens with two attached hydrogens (primary N) is 1. The highest BCUT2D eigenvalue weighted by Crippen LogP contribution is 2.21. The van der Waals surface area contributed by atoms with Gasteiger partial charge >= 0.3 is 0 Å². The normalized spacial score (nSPS) is 29.2. The van der Waals surface area contributed by atoms with Gasteiger partial charge in [-0.05, 0) is 39.3 Å². The predicted molar refractivity (Wildman–Crippen MR) is 70.2 cm³/mol. The molecule has 1 aromatic heterocycles. The van der Waals surface area contributed by atoms with Gasteiger partial charge in [-0.15, -0.1) is 0 Å². The van der Waals surface area contributed by atoms with Crippen LogP contribution in [0.25, 0.3) is 0 Å². The van der Waals surface area contributed by atoms with Gasteiger partial charge in [0.25, 0.3) is 0 Å². The molecule has 18 heavy (non-hydrogen) atoms. The minimum absolute atomic E-state index is 0.0408. The van der Waals surface area contributed by atoms with Gasteiger partial charge in [-0.2, -0.15) is 5.10 Å². The smallest absolute Gasteiger partial charge is 0.152 e. The second-order valence-corrected chi connectivity index (χ2v) is 5.68. The molecule has 5 nitrogen and oxygen atoms in total. The van der Waals surface area contributed by atoms with Crippen molar-refractivity contribution in [2.75, 3.05) is 13.6 Å². The first-order valence-electron chi connectivity index (χ1n) is 7.14. The average Bonchev–Trinajstić information content (AvgIpc) is 2.76. The molecule has 2 aliphatic rings. The van der Waals surface area contributed by atoms with Crippen molar-refractivity contribution in [3.63, 3.8) is 0 Å². The van der Waals surface area contributed by atoms with Crippen molar-refractivity contribution in [3.05, 3.63) is 11.6 Å². The summed E-state index contributed by atoms with van der Waals surface area (Å²) in [6.07, 6.45) is 8.14. The van der Waals surface area contributed by atoms with E-state index in [4.69, 9.17) is 5.73 Å². The van der Waals surface area contributed by atoms with Crippen molar-refractivity contribution in [2.45, 2.75) is 57.2 Å². The predicted octanol–water partition coefficient (Wildman–Crippen LogP) is 1.10. The lowest BCUT2D eigenvalue weighted by Gasteiger charge is -2.31. The first kappa shape index (κ1) is 12.1. The van der Waals surface area contributed by atoms with E-state index in [2.05, 4.69) is 22.0 Å². The van der Waals surface area contributed by atoms with Gasteiger partial charge in [0, 0.05) is 18.9 Å². The fourth-order valence-corrected chi connectivity index (χ4v) is 3.13. The third-order valence-corrected chi connectivity index (χ3v) is 4.30. The molecule has 3 heterocycles. The van der Waals surface area contributed by atoms with Gasteiger partial charge in [-0.1, -0.05) is 6.42 Å². The third-order valence-electron chi connectivity index (χ3n) is 4.30. The van der Waals surface area contributed by atoms with Crippen LogP contribution in [0.4, 0.5) is 0 Å². The van der Waals surface area contributed by atoms with Gasteiger partial charge in [0.2, 0.25) is 0 Å². The summed E-state index contributed by atoms with van der Waals surface area (Å²) in [5.74, 6) is 2.07. The number of rotatable bonds is 2. The van der Waals surface area contributed by atoms with Crippen molar-refractivity contribution in [1.82, 2.24) is 19.7 Å². The lowest BCUT2D eigenvalue weighted by Crippen LogP contribution is -2.37. The van der Waals surface area contributed by atoms with Gasteiger partial charge < -0.3 is 10.6 Å². The van der Waals surface area contributed by atoms with Gasteiger partial charge in [0.15, 0.2) is 5.82 Å². The number of nitrogens with zero attached hydrogens (tertiary/aromatic N) is 4. The van der Waals surface area contributed by atoms with Crippen molar-refractivity contribution >= 4 is 0 Å². The minimum Gasteiger partial charge on any atom is -0.310 e. The Balaban J connectivity index is 1.73. The van der Waals surface area contributed by atoms with Crippen LogP contribution in [0.3, 0.4) is 0 Å². The lowest BCUT2D eigenvalue weighted by atomic mass is 10.00. The summed E-state index contributed by atoms with van der Waals surface area (Å²) < 4.78 is 1.95. The standard InChI is InChI=1S/C13H23N5/c1-17-8-3-2-5-10(17)9-12-15-13-7-4-6-11(14)18(13)16-12/h10-11H,2-9,14H2,1H3. The highest BCUT2D eigenvalue weighted by atomic mass is 15.4. The fourth-order valence-electron chi connectivity index (χ4n) is 3.13. The monoisotopic (exact) mass is 249 g/mol. The molecule has 0 aromatic carbocycles. The first-order valence-corrected chi connectivity index (χ1v) is 7.14. The molecule has 2 unspecified atom stereocenters. The van der Waals surface area contributed by atoms with Crippen LogP contribution in [0.2, 0.25) is 0 Å². The summed E-state index contributed by atoms with van der Waals surface area (Å²) >= 11 is 0. The molecule has 0 saturated carbocycles. The highest BCUT2D eigenvalue weighted by Gasteiger charge is 2.24. The Bertz CT molecular complexity index is 414. The van der Waals surface area contributed by atoms with Crippen molar-refractivity contribution in [2.24, 2.45) is 5.73 Å².